The van der Waals surface area contributed by atoms with Gasteiger partial charge < -0.3 is 19.7 Å². The van der Waals surface area contributed by atoms with Crippen LogP contribution in [0, 0.1) is 5.92 Å². The molecule has 29 heavy (non-hydrogen) atoms. The fourth-order valence-electron chi connectivity index (χ4n) is 3.59. The molecule has 1 N–H and O–H groups in total. The normalized spacial score (nSPS) is 14.3. The molecule has 3 rings (SSSR count). The molecule has 0 spiro atoms. The van der Waals surface area contributed by atoms with E-state index in [1.54, 1.807) is 26.4 Å². The SMILES string of the molecule is COc1cccc(CCNC(=O)C2CCN(C(=O)c3cccc(OC)c3)CC2)c1. The third-order valence-electron chi connectivity index (χ3n) is 5.32. The smallest absolute Gasteiger partial charge is 0.253 e. The van der Waals surface area contributed by atoms with Gasteiger partial charge in [-0.25, -0.2) is 0 Å². The van der Waals surface area contributed by atoms with Gasteiger partial charge in [0.05, 0.1) is 14.2 Å². The van der Waals surface area contributed by atoms with Crippen molar-refractivity contribution in [2.45, 2.75) is 19.3 Å². The number of likely N-dealkylation sites (tertiary alicyclic amines) is 1. The number of rotatable bonds is 7. The second-order valence-corrected chi connectivity index (χ2v) is 7.19. The van der Waals surface area contributed by atoms with E-state index in [0.717, 1.165) is 17.7 Å². The Morgan fingerprint density at radius 3 is 2.34 bits per heavy atom. The van der Waals surface area contributed by atoms with Crippen molar-refractivity contribution in [2.24, 2.45) is 5.92 Å². The fourth-order valence-corrected chi connectivity index (χ4v) is 3.59. The Morgan fingerprint density at radius 1 is 1.00 bits per heavy atom. The monoisotopic (exact) mass is 396 g/mol. The van der Waals surface area contributed by atoms with Gasteiger partial charge in [0.25, 0.3) is 5.91 Å². The van der Waals surface area contributed by atoms with Crippen molar-refractivity contribution in [2.75, 3.05) is 33.9 Å². The molecule has 1 aliphatic heterocycles. The number of ether oxygens (including phenoxy) is 2. The van der Waals surface area contributed by atoms with Crippen LogP contribution in [-0.2, 0) is 11.2 Å². The van der Waals surface area contributed by atoms with Gasteiger partial charge in [0, 0.05) is 31.1 Å². The van der Waals surface area contributed by atoms with Crippen LogP contribution in [0.4, 0.5) is 0 Å². The predicted octanol–water partition coefficient (Wildman–Crippen LogP) is 2.91. The van der Waals surface area contributed by atoms with Gasteiger partial charge in [0.2, 0.25) is 5.91 Å². The number of benzene rings is 2. The maximum atomic E-state index is 12.7. The molecule has 1 heterocycles. The number of piperidine rings is 1. The van der Waals surface area contributed by atoms with Crippen LogP contribution >= 0.6 is 0 Å². The van der Waals surface area contributed by atoms with Gasteiger partial charge in [0.1, 0.15) is 11.5 Å². The molecule has 1 fully saturated rings. The molecule has 0 atom stereocenters. The minimum absolute atomic E-state index is 0.0132. The molecular formula is C23H28N2O4. The zero-order chi connectivity index (χ0) is 20.6. The summed E-state index contributed by atoms with van der Waals surface area (Å²) in [6, 6.07) is 15.0. The topological polar surface area (TPSA) is 67.9 Å². The Kier molecular flexibility index (Phi) is 7.11. The summed E-state index contributed by atoms with van der Waals surface area (Å²) in [4.78, 5) is 27.0. The van der Waals surface area contributed by atoms with Crippen molar-refractivity contribution in [3.63, 3.8) is 0 Å². The lowest BCUT2D eigenvalue weighted by molar-refractivity contribution is -0.126. The number of nitrogens with one attached hydrogen (secondary N) is 1. The molecule has 1 aliphatic rings. The Balaban J connectivity index is 1.44. The Bertz CT molecular complexity index is 844. The molecule has 2 aromatic rings. The highest BCUT2D eigenvalue weighted by Gasteiger charge is 2.27. The van der Waals surface area contributed by atoms with E-state index in [9.17, 15) is 9.59 Å². The van der Waals surface area contributed by atoms with Gasteiger partial charge in [-0.05, 0) is 55.2 Å². The average Bonchev–Trinajstić information content (AvgIpc) is 2.78. The van der Waals surface area contributed by atoms with E-state index in [2.05, 4.69) is 5.32 Å². The van der Waals surface area contributed by atoms with Crippen molar-refractivity contribution >= 4 is 11.8 Å². The van der Waals surface area contributed by atoms with Crippen LogP contribution in [-0.4, -0.2) is 50.6 Å². The molecule has 154 valence electrons. The summed E-state index contributed by atoms with van der Waals surface area (Å²) in [6.45, 7) is 1.77. The maximum Gasteiger partial charge on any atom is 0.253 e. The lowest BCUT2D eigenvalue weighted by atomic mass is 9.95. The zero-order valence-electron chi connectivity index (χ0n) is 17.0. The fraction of sp³-hybridized carbons (Fsp3) is 0.391. The Morgan fingerprint density at radius 2 is 1.66 bits per heavy atom. The molecule has 2 aromatic carbocycles. The number of hydrogen-bond donors (Lipinski definition) is 1. The Hall–Kier alpha value is -3.02. The number of amides is 2. The lowest BCUT2D eigenvalue weighted by Gasteiger charge is -2.31. The predicted molar refractivity (Wildman–Crippen MR) is 111 cm³/mol. The van der Waals surface area contributed by atoms with Crippen LogP contribution in [0.2, 0.25) is 0 Å². The van der Waals surface area contributed by atoms with E-state index in [1.165, 1.54) is 0 Å². The Labute approximate surface area is 171 Å². The molecule has 6 heteroatoms. The van der Waals surface area contributed by atoms with E-state index in [4.69, 9.17) is 9.47 Å². The summed E-state index contributed by atoms with van der Waals surface area (Å²) in [5, 5.41) is 3.03. The summed E-state index contributed by atoms with van der Waals surface area (Å²) < 4.78 is 10.4. The summed E-state index contributed by atoms with van der Waals surface area (Å²) in [5.41, 5.74) is 1.74. The van der Waals surface area contributed by atoms with Gasteiger partial charge in [-0.3, -0.25) is 9.59 Å². The molecule has 6 nitrogen and oxygen atoms in total. The van der Waals surface area contributed by atoms with Crippen molar-refractivity contribution in [1.82, 2.24) is 10.2 Å². The van der Waals surface area contributed by atoms with Crippen LogP contribution < -0.4 is 14.8 Å². The van der Waals surface area contributed by atoms with Crippen LogP contribution in [0.15, 0.2) is 48.5 Å². The van der Waals surface area contributed by atoms with Gasteiger partial charge in [-0.15, -0.1) is 0 Å². The van der Waals surface area contributed by atoms with Gasteiger partial charge in [0.15, 0.2) is 0 Å². The second-order valence-electron chi connectivity index (χ2n) is 7.19. The van der Waals surface area contributed by atoms with Crippen molar-refractivity contribution < 1.29 is 19.1 Å². The minimum Gasteiger partial charge on any atom is -0.497 e. The number of carbonyl (C=O) groups excluding carboxylic acids is 2. The lowest BCUT2D eigenvalue weighted by Crippen LogP contribution is -2.43. The first-order chi connectivity index (χ1) is 14.1. The van der Waals surface area contributed by atoms with E-state index in [-0.39, 0.29) is 17.7 Å². The zero-order valence-corrected chi connectivity index (χ0v) is 17.0. The molecule has 0 aromatic heterocycles. The quantitative estimate of drug-likeness (QED) is 0.781. The van der Waals surface area contributed by atoms with Crippen molar-refractivity contribution in [3.05, 3.63) is 59.7 Å². The van der Waals surface area contributed by atoms with Crippen LogP contribution in [0.3, 0.4) is 0 Å². The minimum atomic E-state index is -0.0466. The summed E-state index contributed by atoms with van der Waals surface area (Å²) >= 11 is 0. The molecule has 0 unspecified atom stereocenters. The van der Waals surface area contributed by atoms with Crippen LogP contribution in [0.25, 0.3) is 0 Å². The van der Waals surface area contributed by atoms with Gasteiger partial charge >= 0.3 is 0 Å². The molecule has 0 bridgehead atoms. The number of methoxy groups -OCH3 is 2. The highest BCUT2D eigenvalue weighted by Crippen LogP contribution is 2.21. The summed E-state index contributed by atoms with van der Waals surface area (Å²) in [5.74, 6) is 1.50. The number of nitrogens with zero attached hydrogens (tertiary/aromatic N) is 1. The maximum absolute atomic E-state index is 12.7. The first-order valence-electron chi connectivity index (χ1n) is 9.94. The average molecular weight is 396 g/mol. The van der Waals surface area contributed by atoms with E-state index < -0.39 is 0 Å². The first kappa shape index (κ1) is 20.7. The molecule has 0 aliphatic carbocycles. The van der Waals surface area contributed by atoms with Crippen molar-refractivity contribution in [3.8, 4) is 11.5 Å². The number of carbonyl (C=O) groups is 2. The van der Waals surface area contributed by atoms with Crippen LogP contribution in [0.5, 0.6) is 11.5 Å². The molecule has 0 saturated carbocycles. The highest BCUT2D eigenvalue weighted by molar-refractivity contribution is 5.94. The van der Waals surface area contributed by atoms with Gasteiger partial charge in [-0.2, -0.15) is 0 Å². The van der Waals surface area contributed by atoms with Gasteiger partial charge in [-0.1, -0.05) is 18.2 Å². The third-order valence-corrected chi connectivity index (χ3v) is 5.32. The summed E-state index contributed by atoms with van der Waals surface area (Å²) in [7, 11) is 3.23. The third kappa shape index (κ3) is 5.50. The van der Waals surface area contributed by atoms with E-state index in [0.29, 0.717) is 43.8 Å². The molecule has 1 saturated heterocycles. The second kappa shape index (κ2) is 9.96. The molecular weight excluding hydrogens is 368 g/mol. The standard InChI is InChI=1S/C23H28N2O4/c1-28-20-7-3-5-17(15-20)9-12-24-22(26)18-10-13-25(14-11-18)23(27)19-6-4-8-21(16-19)29-2/h3-8,15-16,18H,9-14H2,1-2H3,(H,24,26). The number of hydrogen-bond acceptors (Lipinski definition) is 4. The largest absolute Gasteiger partial charge is 0.497 e. The van der Waals surface area contributed by atoms with E-state index >= 15 is 0 Å². The summed E-state index contributed by atoms with van der Waals surface area (Å²) in [6.07, 6.45) is 2.12. The van der Waals surface area contributed by atoms with Crippen molar-refractivity contribution in [1.29, 1.82) is 0 Å². The highest BCUT2D eigenvalue weighted by atomic mass is 16.5. The van der Waals surface area contributed by atoms with E-state index in [1.807, 2.05) is 41.3 Å². The van der Waals surface area contributed by atoms with Crippen LogP contribution in [0.1, 0.15) is 28.8 Å². The molecule has 0 radical (unpaired) electrons. The molecule has 2 amide bonds. The first-order valence-corrected chi connectivity index (χ1v) is 9.94.